The summed E-state index contributed by atoms with van der Waals surface area (Å²) >= 11 is 0. The maximum Gasteiger partial charge on any atom is 0.270 e. The second kappa shape index (κ2) is 7.22. The fourth-order valence-electron chi connectivity index (χ4n) is 2.20. The predicted molar refractivity (Wildman–Crippen MR) is 93.1 cm³/mol. The minimum absolute atomic E-state index is 0.173. The van der Waals surface area contributed by atoms with Gasteiger partial charge in [-0.05, 0) is 44.4 Å². The lowest BCUT2D eigenvalue weighted by Gasteiger charge is -2.11. The predicted octanol–water partition coefficient (Wildman–Crippen LogP) is 3.53. The summed E-state index contributed by atoms with van der Waals surface area (Å²) in [6.07, 6.45) is 0. The second-order valence-corrected chi connectivity index (χ2v) is 6.27. The van der Waals surface area contributed by atoms with Crippen molar-refractivity contribution in [3.8, 4) is 0 Å². The number of benzene rings is 1. The summed E-state index contributed by atoms with van der Waals surface area (Å²) in [6.45, 7) is 10.7. The first-order valence-electron chi connectivity index (χ1n) is 7.83. The number of aromatic nitrogens is 2. The quantitative estimate of drug-likeness (QED) is 0.886. The Morgan fingerprint density at radius 2 is 1.87 bits per heavy atom. The van der Waals surface area contributed by atoms with Crippen LogP contribution in [-0.4, -0.2) is 22.4 Å². The number of aryl methyl sites for hydroxylation is 3. The van der Waals surface area contributed by atoms with E-state index in [0.29, 0.717) is 24.1 Å². The standard InChI is InChI=1S/C18H24N4O/c1-11(2)10-19-17(23)16-9-14(5)20-18(22-16)21-15-7-6-12(3)8-13(15)4/h6-9,11H,10H2,1-5H3,(H,19,23)(H,20,21,22). The molecule has 2 rings (SSSR count). The van der Waals surface area contributed by atoms with E-state index in [2.05, 4.69) is 47.4 Å². The van der Waals surface area contributed by atoms with Crippen LogP contribution in [0.4, 0.5) is 11.6 Å². The molecule has 0 unspecified atom stereocenters. The second-order valence-electron chi connectivity index (χ2n) is 6.27. The van der Waals surface area contributed by atoms with Crippen molar-refractivity contribution in [3.63, 3.8) is 0 Å². The molecule has 5 heteroatoms. The molecule has 0 bridgehead atoms. The van der Waals surface area contributed by atoms with Gasteiger partial charge in [0.2, 0.25) is 5.95 Å². The molecule has 0 fully saturated rings. The number of nitrogens with zero attached hydrogens (tertiary/aromatic N) is 2. The van der Waals surface area contributed by atoms with Crippen molar-refractivity contribution in [2.75, 3.05) is 11.9 Å². The molecule has 0 saturated heterocycles. The summed E-state index contributed by atoms with van der Waals surface area (Å²) in [4.78, 5) is 20.9. The van der Waals surface area contributed by atoms with E-state index in [-0.39, 0.29) is 5.91 Å². The summed E-state index contributed by atoms with van der Waals surface area (Å²) in [7, 11) is 0. The monoisotopic (exact) mass is 312 g/mol. The Labute approximate surface area is 137 Å². The Morgan fingerprint density at radius 3 is 2.52 bits per heavy atom. The molecule has 2 N–H and O–H groups in total. The van der Waals surface area contributed by atoms with Gasteiger partial charge >= 0.3 is 0 Å². The SMILES string of the molecule is Cc1ccc(Nc2nc(C)cc(C(=O)NCC(C)C)n2)c(C)c1. The van der Waals surface area contributed by atoms with E-state index in [9.17, 15) is 4.79 Å². The number of carbonyl (C=O) groups is 1. The Kier molecular flexibility index (Phi) is 5.32. The van der Waals surface area contributed by atoms with E-state index in [1.54, 1.807) is 6.07 Å². The summed E-state index contributed by atoms with van der Waals surface area (Å²) in [6, 6.07) is 7.81. The first-order chi connectivity index (χ1) is 10.8. The zero-order valence-corrected chi connectivity index (χ0v) is 14.4. The van der Waals surface area contributed by atoms with Crippen LogP contribution in [0.5, 0.6) is 0 Å². The lowest BCUT2D eigenvalue weighted by atomic mass is 10.1. The highest BCUT2D eigenvalue weighted by atomic mass is 16.1. The van der Waals surface area contributed by atoms with E-state index < -0.39 is 0 Å². The Balaban J connectivity index is 2.21. The highest BCUT2D eigenvalue weighted by molar-refractivity contribution is 5.92. The molecular weight excluding hydrogens is 288 g/mol. The Morgan fingerprint density at radius 1 is 1.13 bits per heavy atom. The molecule has 0 aliphatic rings. The topological polar surface area (TPSA) is 66.9 Å². The fourth-order valence-corrected chi connectivity index (χ4v) is 2.20. The molecule has 0 radical (unpaired) electrons. The Bertz CT molecular complexity index is 710. The molecule has 122 valence electrons. The first kappa shape index (κ1) is 16.9. The zero-order chi connectivity index (χ0) is 17.0. The smallest absolute Gasteiger partial charge is 0.270 e. The van der Waals surface area contributed by atoms with Crippen molar-refractivity contribution in [2.45, 2.75) is 34.6 Å². The van der Waals surface area contributed by atoms with Gasteiger partial charge in [-0.1, -0.05) is 31.5 Å². The van der Waals surface area contributed by atoms with Crippen molar-refractivity contribution < 1.29 is 4.79 Å². The van der Waals surface area contributed by atoms with Gasteiger partial charge in [-0.3, -0.25) is 4.79 Å². The third kappa shape index (κ3) is 4.77. The minimum Gasteiger partial charge on any atom is -0.350 e. The number of anilines is 2. The first-order valence-corrected chi connectivity index (χ1v) is 7.83. The normalized spacial score (nSPS) is 10.7. The van der Waals surface area contributed by atoms with Gasteiger partial charge in [-0.2, -0.15) is 0 Å². The van der Waals surface area contributed by atoms with E-state index in [1.165, 1.54) is 5.56 Å². The maximum atomic E-state index is 12.2. The molecular formula is C18H24N4O. The van der Waals surface area contributed by atoms with Crippen LogP contribution in [0.25, 0.3) is 0 Å². The molecule has 0 aliphatic carbocycles. The number of nitrogens with one attached hydrogen (secondary N) is 2. The van der Waals surface area contributed by atoms with Gasteiger partial charge in [0.05, 0.1) is 0 Å². The van der Waals surface area contributed by atoms with Crippen LogP contribution in [0, 0.1) is 26.7 Å². The summed E-state index contributed by atoms with van der Waals surface area (Å²) in [5, 5.41) is 6.08. The third-order valence-electron chi connectivity index (χ3n) is 3.39. The van der Waals surface area contributed by atoms with E-state index >= 15 is 0 Å². The molecule has 1 amide bonds. The summed E-state index contributed by atoms with van der Waals surface area (Å²) < 4.78 is 0. The van der Waals surface area contributed by atoms with Crippen LogP contribution in [0.3, 0.4) is 0 Å². The number of rotatable bonds is 5. The molecule has 23 heavy (non-hydrogen) atoms. The highest BCUT2D eigenvalue weighted by Gasteiger charge is 2.11. The van der Waals surface area contributed by atoms with Crippen molar-refractivity contribution >= 4 is 17.5 Å². The van der Waals surface area contributed by atoms with Crippen molar-refractivity contribution in [1.29, 1.82) is 0 Å². The van der Waals surface area contributed by atoms with Gasteiger partial charge < -0.3 is 10.6 Å². The molecule has 0 atom stereocenters. The lowest BCUT2D eigenvalue weighted by Crippen LogP contribution is -2.28. The summed E-state index contributed by atoms with van der Waals surface area (Å²) in [5.41, 5.74) is 4.38. The minimum atomic E-state index is -0.173. The van der Waals surface area contributed by atoms with Crippen molar-refractivity contribution in [3.05, 3.63) is 46.8 Å². The molecule has 0 aliphatic heterocycles. The maximum absolute atomic E-state index is 12.2. The molecule has 0 saturated carbocycles. The van der Waals surface area contributed by atoms with Crippen LogP contribution < -0.4 is 10.6 Å². The van der Waals surface area contributed by atoms with Crippen LogP contribution >= 0.6 is 0 Å². The third-order valence-corrected chi connectivity index (χ3v) is 3.39. The van der Waals surface area contributed by atoms with Crippen LogP contribution in [-0.2, 0) is 0 Å². The number of amides is 1. The largest absolute Gasteiger partial charge is 0.350 e. The Hall–Kier alpha value is -2.43. The molecule has 1 aromatic carbocycles. The van der Waals surface area contributed by atoms with Crippen molar-refractivity contribution in [1.82, 2.24) is 15.3 Å². The van der Waals surface area contributed by atoms with Gasteiger partial charge in [0, 0.05) is 17.9 Å². The molecule has 1 heterocycles. The number of hydrogen-bond donors (Lipinski definition) is 2. The average Bonchev–Trinajstić information content (AvgIpc) is 2.47. The highest BCUT2D eigenvalue weighted by Crippen LogP contribution is 2.19. The van der Waals surface area contributed by atoms with Gasteiger partial charge in [0.15, 0.2) is 0 Å². The van der Waals surface area contributed by atoms with Gasteiger partial charge in [0.1, 0.15) is 5.69 Å². The van der Waals surface area contributed by atoms with Gasteiger partial charge in [-0.25, -0.2) is 9.97 Å². The average molecular weight is 312 g/mol. The fraction of sp³-hybridized carbons (Fsp3) is 0.389. The van der Waals surface area contributed by atoms with E-state index in [0.717, 1.165) is 16.9 Å². The van der Waals surface area contributed by atoms with Crippen molar-refractivity contribution in [2.24, 2.45) is 5.92 Å². The zero-order valence-electron chi connectivity index (χ0n) is 14.4. The lowest BCUT2D eigenvalue weighted by molar-refractivity contribution is 0.0944. The van der Waals surface area contributed by atoms with Gasteiger partial charge in [0.25, 0.3) is 5.91 Å². The molecule has 1 aromatic heterocycles. The van der Waals surface area contributed by atoms with Gasteiger partial charge in [-0.15, -0.1) is 0 Å². The van der Waals surface area contributed by atoms with Crippen LogP contribution in [0.2, 0.25) is 0 Å². The number of carbonyl (C=O) groups excluding carboxylic acids is 1. The van der Waals surface area contributed by atoms with Crippen LogP contribution in [0.15, 0.2) is 24.3 Å². The molecule has 2 aromatic rings. The summed E-state index contributed by atoms with van der Waals surface area (Å²) in [5.74, 6) is 0.661. The van der Waals surface area contributed by atoms with Crippen LogP contribution in [0.1, 0.15) is 41.2 Å². The van der Waals surface area contributed by atoms with E-state index in [4.69, 9.17) is 0 Å². The number of hydrogen-bond acceptors (Lipinski definition) is 4. The van der Waals surface area contributed by atoms with E-state index in [1.807, 2.05) is 26.0 Å². The molecule has 5 nitrogen and oxygen atoms in total. The molecule has 0 spiro atoms.